The molecule has 0 aromatic heterocycles. The largest absolute Gasteiger partial charge is 0.508 e. The number of phenolic OH excluding ortho intramolecular Hbond substituents is 1. The average Bonchev–Trinajstić information content (AvgIpc) is 2.96. The van der Waals surface area contributed by atoms with Crippen molar-refractivity contribution in [1.29, 1.82) is 0 Å². The van der Waals surface area contributed by atoms with E-state index in [-0.39, 0.29) is 5.41 Å². The number of aryl methyl sites for hydroxylation is 1. The van der Waals surface area contributed by atoms with Gasteiger partial charge >= 0.3 is 0 Å². The van der Waals surface area contributed by atoms with Crippen LogP contribution in [0.5, 0.6) is 5.75 Å². The summed E-state index contributed by atoms with van der Waals surface area (Å²) in [7, 11) is -2.00. The van der Waals surface area contributed by atoms with E-state index in [0.29, 0.717) is 5.75 Å². The molecule has 0 unspecified atom stereocenters. The van der Waals surface area contributed by atoms with E-state index in [1.807, 2.05) is 0 Å². The Labute approximate surface area is 147 Å². The molecule has 0 saturated carbocycles. The smallest absolute Gasteiger partial charge is 0.118 e. The standard InChI is InChI=1S/C22H28OSi/c1-15-13-18(22(2,3)4)21(23)20(14-15)24(5,6)19-12-8-10-16-9-7-11-17(16)19/h7-8,10-14,23H,9H2,1-6H3. The minimum Gasteiger partial charge on any atom is -0.508 e. The van der Waals surface area contributed by atoms with Crippen molar-refractivity contribution < 1.29 is 5.11 Å². The lowest BCUT2D eigenvalue weighted by Gasteiger charge is -2.30. The molecule has 126 valence electrons. The van der Waals surface area contributed by atoms with Gasteiger partial charge in [0.1, 0.15) is 13.8 Å². The zero-order valence-corrected chi connectivity index (χ0v) is 16.7. The van der Waals surface area contributed by atoms with E-state index in [4.69, 9.17) is 0 Å². The molecule has 1 nitrogen and oxygen atoms in total. The summed E-state index contributed by atoms with van der Waals surface area (Å²) in [5, 5.41) is 13.7. The molecule has 2 aromatic carbocycles. The van der Waals surface area contributed by atoms with Gasteiger partial charge in [0, 0.05) is 0 Å². The first kappa shape index (κ1) is 17.0. The van der Waals surface area contributed by atoms with E-state index in [1.165, 1.54) is 21.9 Å². The summed E-state index contributed by atoms with van der Waals surface area (Å²) in [5.41, 5.74) is 5.02. The second-order valence-electron chi connectivity index (χ2n) is 8.57. The maximum atomic E-state index is 11.1. The third-order valence-electron chi connectivity index (χ3n) is 5.23. The number of hydrogen-bond donors (Lipinski definition) is 1. The summed E-state index contributed by atoms with van der Waals surface area (Å²) in [6.07, 6.45) is 5.53. The van der Waals surface area contributed by atoms with Crippen molar-refractivity contribution in [1.82, 2.24) is 0 Å². The lowest BCUT2D eigenvalue weighted by molar-refractivity contribution is 0.450. The van der Waals surface area contributed by atoms with Gasteiger partial charge in [-0.15, -0.1) is 0 Å². The molecular formula is C22H28OSi. The highest BCUT2D eigenvalue weighted by Crippen LogP contribution is 2.32. The number of rotatable bonds is 2. The van der Waals surface area contributed by atoms with Gasteiger partial charge in [0.05, 0.1) is 0 Å². The van der Waals surface area contributed by atoms with Gasteiger partial charge in [-0.1, -0.05) is 81.9 Å². The lowest BCUT2D eigenvalue weighted by atomic mass is 9.85. The first-order valence-corrected chi connectivity index (χ1v) is 11.8. The summed E-state index contributed by atoms with van der Waals surface area (Å²) in [6, 6.07) is 11.0. The molecule has 0 radical (unpaired) electrons. The van der Waals surface area contributed by atoms with Crippen molar-refractivity contribution >= 4 is 24.5 Å². The number of fused-ring (bicyclic) bond motifs is 1. The predicted octanol–water partition coefficient (Wildman–Crippen LogP) is 4.39. The van der Waals surface area contributed by atoms with Crippen LogP contribution in [-0.4, -0.2) is 13.2 Å². The van der Waals surface area contributed by atoms with E-state index in [0.717, 1.165) is 17.2 Å². The highest BCUT2D eigenvalue weighted by atomic mass is 28.3. The van der Waals surface area contributed by atoms with E-state index < -0.39 is 8.07 Å². The van der Waals surface area contributed by atoms with Crippen LogP contribution in [0.4, 0.5) is 0 Å². The minimum absolute atomic E-state index is 0.0616. The SMILES string of the molecule is Cc1cc(C(C)(C)C)c(O)c([Si](C)(C)c2cccc3c2C=CC3)c1. The van der Waals surface area contributed by atoms with Crippen LogP contribution < -0.4 is 10.4 Å². The molecule has 0 saturated heterocycles. The van der Waals surface area contributed by atoms with Gasteiger partial charge in [0.15, 0.2) is 0 Å². The van der Waals surface area contributed by atoms with Crippen LogP contribution >= 0.6 is 0 Å². The zero-order chi connectivity index (χ0) is 17.7. The normalized spacial score (nSPS) is 14.1. The molecular weight excluding hydrogens is 308 g/mol. The molecule has 0 bridgehead atoms. The fourth-order valence-corrected chi connectivity index (χ4v) is 6.84. The molecule has 24 heavy (non-hydrogen) atoms. The Hall–Kier alpha value is -1.80. The van der Waals surface area contributed by atoms with Gasteiger partial charge in [-0.2, -0.15) is 0 Å². The van der Waals surface area contributed by atoms with Gasteiger partial charge in [0.2, 0.25) is 0 Å². The molecule has 0 heterocycles. The number of allylic oxidation sites excluding steroid dienone is 1. The number of hydrogen-bond acceptors (Lipinski definition) is 1. The van der Waals surface area contributed by atoms with Crippen LogP contribution in [-0.2, 0) is 11.8 Å². The Bertz CT molecular complexity index is 823. The summed E-state index contributed by atoms with van der Waals surface area (Å²) >= 11 is 0. The molecule has 0 fully saturated rings. The molecule has 1 aliphatic carbocycles. The van der Waals surface area contributed by atoms with Crippen LogP contribution in [0.25, 0.3) is 6.08 Å². The second kappa shape index (κ2) is 5.63. The number of phenols is 1. The van der Waals surface area contributed by atoms with Crippen LogP contribution in [0.15, 0.2) is 36.4 Å². The van der Waals surface area contributed by atoms with Crippen molar-refractivity contribution in [3.63, 3.8) is 0 Å². The third kappa shape index (κ3) is 2.73. The summed E-state index contributed by atoms with van der Waals surface area (Å²) in [5.74, 6) is 0.504. The van der Waals surface area contributed by atoms with Crippen molar-refractivity contribution in [2.75, 3.05) is 0 Å². The minimum atomic E-state index is -2.00. The van der Waals surface area contributed by atoms with Crippen LogP contribution in [0.3, 0.4) is 0 Å². The Kier molecular flexibility index (Phi) is 3.99. The van der Waals surface area contributed by atoms with Gasteiger partial charge in [-0.3, -0.25) is 0 Å². The van der Waals surface area contributed by atoms with E-state index >= 15 is 0 Å². The molecule has 0 spiro atoms. The maximum Gasteiger partial charge on any atom is 0.118 e. The quantitative estimate of drug-likeness (QED) is 0.807. The first-order chi connectivity index (χ1) is 11.1. The second-order valence-corrected chi connectivity index (χ2v) is 12.9. The van der Waals surface area contributed by atoms with Crippen molar-refractivity contribution in [2.45, 2.75) is 52.6 Å². The number of benzene rings is 2. The number of aromatic hydroxyl groups is 1. The lowest BCUT2D eigenvalue weighted by Crippen LogP contribution is -2.54. The van der Waals surface area contributed by atoms with Crippen LogP contribution in [0.1, 0.15) is 43.0 Å². The molecule has 1 aliphatic rings. The fourth-order valence-electron chi connectivity index (χ4n) is 3.81. The highest BCUT2D eigenvalue weighted by molar-refractivity contribution is 7.01. The summed E-state index contributed by atoms with van der Waals surface area (Å²) < 4.78 is 0. The average molecular weight is 337 g/mol. The Balaban J connectivity index is 2.24. The van der Waals surface area contributed by atoms with Crippen molar-refractivity contribution in [3.8, 4) is 5.75 Å². The topological polar surface area (TPSA) is 20.2 Å². The van der Waals surface area contributed by atoms with Gasteiger partial charge in [-0.05, 0) is 45.8 Å². The molecule has 2 aromatic rings. The Morgan fingerprint density at radius 1 is 1.04 bits per heavy atom. The van der Waals surface area contributed by atoms with E-state index in [2.05, 4.69) is 83.3 Å². The monoisotopic (exact) mass is 336 g/mol. The van der Waals surface area contributed by atoms with Crippen molar-refractivity contribution in [2.24, 2.45) is 0 Å². The molecule has 0 atom stereocenters. The summed E-state index contributed by atoms with van der Waals surface area (Å²) in [6.45, 7) is 13.4. The van der Waals surface area contributed by atoms with Gasteiger partial charge in [0.25, 0.3) is 0 Å². The molecule has 0 aliphatic heterocycles. The van der Waals surface area contributed by atoms with E-state index in [1.54, 1.807) is 0 Å². The van der Waals surface area contributed by atoms with Crippen LogP contribution in [0, 0.1) is 6.92 Å². The molecule has 2 heteroatoms. The maximum absolute atomic E-state index is 11.1. The first-order valence-electron chi connectivity index (χ1n) is 8.76. The summed E-state index contributed by atoms with van der Waals surface area (Å²) in [4.78, 5) is 0. The van der Waals surface area contributed by atoms with Gasteiger partial charge < -0.3 is 5.11 Å². The zero-order valence-electron chi connectivity index (χ0n) is 15.7. The van der Waals surface area contributed by atoms with Crippen LogP contribution in [0.2, 0.25) is 13.1 Å². The molecule has 3 rings (SSSR count). The van der Waals surface area contributed by atoms with E-state index in [9.17, 15) is 5.11 Å². The Morgan fingerprint density at radius 3 is 2.42 bits per heavy atom. The van der Waals surface area contributed by atoms with Gasteiger partial charge in [-0.25, -0.2) is 0 Å². The van der Waals surface area contributed by atoms with Crippen molar-refractivity contribution in [3.05, 3.63) is 58.7 Å². The Morgan fingerprint density at radius 2 is 1.75 bits per heavy atom. The fraction of sp³-hybridized carbons (Fsp3) is 0.364. The molecule has 1 N–H and O–H groups in total. The predicted molar refractivity (Wildman–Crippen MR) is 107 cm³/mol. The molecule has 0 amide bonds. The highest BCUT2D eigenvalue weighted by Gasteiger charge is 2.34. The third-order valence-corrected chi connectivity index (χ3v) is 8.74.